The Balaban J connectivity index is 2.25. The first-order valence-corrected chi connectivity index (χ1v) is 5.33. The number of hydrogen-bond donors (Lipinski definition) is 1. The van der Waals surface area contributed by atoms with E-state index < -0.39 is 0 Å². The summed E-state index contributed by atoms with van der Waals surface area (Å²) in [6, 6.07) is 0.329. The molecule has 0 aliphatic carbocycles. The van der Waals surface area contributed by atoms with E-state index in [2.05, 4.69) is 23.4 Å². The van der Waals surface area contributed by atoms with Gasteiger partial charge in [0.2, 0.25) is 0 Å². The molecule has 0 fully saturated rings. The predicted octanol–water partition coefficient (Wildman–Crippen LogP) is 1.73. The van der Waals surface area contributed by atoms with Gasteiger partial charge in [-0.25, -0.2) is 4.98 Å². The Labute approximate surface area is 86.3 Å². The molecule has 0 radical (unpaired) electrons. The number of aryl methyl sites for hydroxylation is 2. The quantitative estimate of drug-likeness (QED) is 0.777. The molecule has 80 valence electrons. The fourth-order valence-corrected chi connectivity index (χ4v) is 1.47. The van der Waals surface area contributed by atoms with Gasteiger partial charge in [0.05, 0.1) is 0 Å². The highest BCUT2D eigenvalue weighted by Gasteiger charge is 2.07. The molecular weight excluding hydrogens is 174 g/mol. The highest BCUT2D eigenvalue weighted by Crippen LogP contribution is 2.08. The zero-order valence-corrected chi connectivity index (χ0v) is 9.40. The average Bonchev–Trinajstić information content (AvgIpc) is 2.51. The second kappa shape index (κ2) is 5.15. The van der Waals surface area contributed by atoms with Crippen LogP contribution in [0.5, 0.6) is 0 Å². The van der Waals surface area contributed by atoms with Crippen LogP contribution >= 0.6 is 0 Å². The van der Waals surface area contributed by atoms with Crippen LogP contribution in [-0.4, -0.2) is 15.6 Å². The molecule has 0 amide bonds. The molecule has 14 heavy (non-hydrogen) atoms. The molecule has 1 aromatic rings. The van der Waals surface area contributed by atoms with Crippen LogP contribution in [0.1, 0.15) is 32.5 Å². The van der Waals surface area contributed by atoms with E-state index in [1.165, 1.54) is 0 Å². The number of rotatable bonds is 5. The minimum absolute atomic E-state index is 0.329. The minimum Gasteiger partial charge on any atom is -0.338 e. The summed E-state index contributed by atoms with van der Waals surface area (Å²) in [4.78, 5) is 4.28. The number of imidazole rings is 1. The molecular formula is C11H21N3. The lowest BCUT2D eigenvalue weighted by atomic mass is 9.99. The van der Waals surface area contributed by atoms with E-state index in [1.54, 1.807) is 0 Å². The van der Waals surface area contributed by atoms with Gasteiger partial charge in [0.15, 0.2) is 0 Å². The Morgan fingerprint density at radius 2 is 2.21 bits per heavy atom. The summed E-state index contributed by atoms with van der Waals surface area (Å²) in [5.41, 5.74) is 5.97. The van der Waals surface area contributed by atoms with Crippen LogP contribution in [0.15, 0.2) is 12.4 Å². The Hall–Kier alpha value is -0.830. The second-order valence-electron chi connectivity index (χ2n) is 4.25. The lowest BCUT2D eigenvalue weighted by molar-refractivity contribution is 0.449. The largest absolute Gasteiger partial charge is 0.338 e. The van der Waals surface area contributed by atoms with Crippen LogP contribution in [0.25, 0.3) is 0 Å². The normalized spacial score (nSPS) is 13.5. The van der Waals surface area contributed by atoms with Crippen molar-refractivity contribution in [1.29, 1.82) is 0 Å². The first-order valence-electron chi connectivity index (χ1n) is 5.33. The van der Waals surface area contributed by atoms with Crippen molar-refractivity contribution in [2.75, 3.05) is 0 Å². The SMILES string of the molecule is CC(C)C(N)CCCc1nccn1C. The first kappa shape index (κ1) is 11.2. The number of hydrogen-bond acceptors (Lipinski definition) is 2. The molecule has 3 heteroatoms. The third-order valence-corrected chi connectivity index (χ3v) is 2.72. The van der Waals surface area contributed by atoms with Crippen molar-refractivity contribution in [3.05, 3.63) is 18.2 Å². The molecule has 1 aromatic heterocycles. The Kier molecular flexibility index (Phi) is 4.14. The first-order chi connectivity index (χ1) is 6.61. The van der Waals surface area contributed by atoms with Gasteiger partial charge in [-0.15, -0.1) is 0 Å². The van der Waals surface area contributed by atoms with Crippen LogP contribution in [-0.2, 0) is 13.5 Å². The van der Waals surface area contributed by atoms with Crippen LogP contribution < -0.4 is 5.73 Å². The monoisotopic (exact) mass is 195 g/mol. The van der Waals surface area contributed by atoms with E-state index >= 15 is 0 Å². The summed E-state index contributed by atoms with van der Waals surface area (Å²) in [6.07, 6.45) is 7.08. The summed E-state index contributed by atoms with van der Waals surface area (Å²) in [5, 5.41) is 0. The van der Waals surface area contributed by atoms with E-state index in [-0.39, 0.29) is 0 Å². The Morgan fingerprint density at radius 3 is 2.71 bits per heavy atom. The topological polar surface area (TPSA) is 43.8 Å². The Bertz CT molecular complexity index is 265. The van der Waals surface area contributed by atoms with Gasteiger partial charge in [-0.2, -0.15) is 0 Å². The minimum atomic E-state index is 0.329. The van der Waals surface area contributed by atoms with Crippen molar-refractivity contribution in [2.24, 2.45) is 18.7 Å². The van der Waals surface area contributed by atoms with Gasteiger partial charge in [0.1, 0.15) is 5.82 Å². The molecule has 0 saturated carbocycles. The second-order valence-corrected chi connectivity index (χ2v) is 4.25. The standard InChI is InChI=1S/C11H21N3/c1-9(2)10(12)5-4-6-11-13-7-8-14(11)3/h7-10H,4-6,12H2,1-3H3. The summed E-state index contributed by atoms with van der Waals surface area (Å²) in [6.45, 7) is 4.34. The molecule has 0 aromatic carbocycles. The van der Waals surface area contributed by atoms with Gasteiger partial charge >= 0.3 is 0 Å². The average molecular weight is 195 g/mol. The summed E-state index contributed by atoms with van der Waals surface area (Å²) >= 11 is 0. The van der Waals surface area contributed by atoms with Gasteiger partial charge < -0.3 is 10.3 Å². The van der Waals surface area contributed by atoms with Crippen LogP contribution in [0, 0.1) is 5.92 Å². The molecule has 1 rings (SSSR count). The summed E-state index contributed by atoms with van der Waals surface area (Å²) in [7, 11) is 2.03. The van der Waals surface area contributed by atoms with Crippen LogP contribution in [0.2, 0.25) is 0 Å². The maximum atomic E-state index is 5.97. The smallest absolute Gasteiger partial charge is 0.108 e. The van der Waals surface area contributed by atoms with Crippen molar-refractivity contribution in [2.45, 2.75) is 39.2 Å². The van der Waals surface area contributed by atoms with Gasteiger partial charge in [0, 0.05) is 31.9 Å². The van der Waals surface area contributed by atoms with E-state index in [0.29, 0.717) is 12.0 Å². The zero-order chi connectivity index (χ0) is 10.6. The van der Waals surface area contributed by atoms with Crippen LogP contribution in [0.4, 0.5) is 0 Å². The van der Waals surface area contributed by atoms with E-state index in [1.807, 2.05) is 19.4 Å². The third-order valence-electron chi connectivity index (χ3n) is 2.72. The summed E-state index contributed by atoms with van der Waals surface area (Å²) < 4.78 is 2.07. The lowest BCUT2D eigenvalue weighted by Gasteiger charge is -2.14. The van der Waals surface area contributed by atoms with Gasteiger partial charge in [-0.3, -0.25) is 0 Å². The number of nitrogens with zero attached hydrogens (tertiary/aromatic N) is 2. The molecule has 1 heterocycles. The third kappa shape index (κ3) is 3.14. The molecule has 3 nitrogen and oxygen atoms in total. The molecule has 1 atom stereocenters. The molecule has 2 N–H and O–H groups in total. The van der Waals surface area contributed by atoms with Crippen molar-refractivity contribution < 1.29 is 0 Å². The molecule has 0 bridgehead atoms. The van der Waals surface area contributed by atoms with E-state index in [9.17, 15) is 0 Å². The summed E-state index contributed by atoms with van der Waals surface area (Å²) in [5.74, 6) is 1.73. The van der Waals surface area contributed by atoms with Crippen molar-refractivity contribution in [3.63, 3.8) is 0 Å². The number of aromatic nitrogens is 2. The van der Waals surface area contributed by atoms with Gasteiger partial charge in [-0.1, -0.05) is 13.8 Å². The molecule has 0 aliphatic heterocycles. The van der Waals surface area contributed by atoms with Crippen LogP contribution in [0.3, 0.4) is 0 Å². The van der Waals surface area contributed by atoms with E-state index in [4.69, 9.17) is 5.73 Å². The molecule has 0 spiro atoms. The molecule has 0 aliphatic rings. The highest BCUT2D eigenvalue weighted by molar-refractivity contribution is 4.91. The fraction of sp³-hybridized carbons (Fsp3) is 0.727. The van der Waals surface area contributed by atoms with Gasteiger partial charge in [0.25, 0.3) is 0 Å². The van der Waals surface area contributed by atoms with Crippen molar-refractivity contribution in [1.82, 2.24) is 9.55 Å². The predicted molar refractivity (Wildman–Crippen MR) is 59.0 cm³/mol. The Morgan fingerprint density at radius 1 is 1.50 bits per heavy atom. The zero-order valence-electron chi connectivity index (χ0n) is 9.40. The van der Waals surface area contributed by atoms with E-state index in [0.717, 1.165) is 25.1 Å². The van der Waals surface area contributed by atoms with Crippen molar-refractivity contribution >= 4 is 0 Å². The molecule has 0 saturated heterocycles. The number of nitrogens with two attached hydrogens (primary N) is 1. The fourth-order valence-electron chi connectivity index (χ4n) is 1.47. The maximum Gasteiger partial charge on any atom is 0.108 e. The molecule has 1 unspecified atom stereocenters. The van der Waals surface area contributed by atoms with Crippen molar-refractivity contribution in [3.8, 4) is 0 Å². The lowest BCUT2D eigenvalue weighted by Crippen LogP contribution is -2.26. The highest BCUT2D eigenvalue weighted by atomic mass is 15.0. The maximum absolute atomic E-state index is 5.97. The van der Waals surface area contributed by atoms with Gasteiger partial charge in [-0.05, 0) is 18.8 Å².